The molecule has 1 N–H and O–H groups in total. The van der Waals surface area contributed by atoms with E-state index in [1.165, 1.54) is 4.90 Å². The van der Waals surface area contributed by atoms with Crippen molar-refractivity contribution in [3.05, 3.63) is 35.4 Å². The zero-order valence-corrected chi connectivity index (χ0v) is 8.24. The summed E-state index contributed by atoms with van der Waals surface area (Å²) < 4.78 is 0. The molecule has 1 aromatic rings. The van der Waals surface area contributed by atoms with Crippen LogP contribution in [0, 0.1) is 0 Å². The van der Waals surface area contributed by atoms with Crippen LogP contribution in [0.2, 0.25) is 0 Å². The van der Waals surface area contributed by atoms with E-state index in [-0.39, 0.29) is 0 Å². The first kappa shape index (κ1) is 9.34. The number of hydrogen-bond acceptors (Lipinski definition) is 1. The minimum Gasteiger partial charge on any atom is -0.465 e. The van der Waals surface area contributed by atoms with Gasteiger partial charge in [0.1, 0.15) is 5.50 Å². The van der Waals surface area contributed by atoms with Crippen molar-refractivity contribution in [2.75, 3.05) is 0 Å². The highest BCUT2D eigenvalue weighted by Crippen LogP contribution is 2.24. The van der Waals surface area contributed by atoms with E-state index in [9.17, 15) is 4.79 Å². The molecule has 74 valence electrons. The molecule has 0 aromatic heterocycles. The second-order valence-corrected chi connectivity index (χ2v) is 3.82. The van der Waals surface area contributed by atoms with Crippen molar-refractivity contribution < 1.29 is 9.90 Å². The monoisotopic (exact) mass is 211 g/mol. The lowest BCUT2D eigenvalue weighted by Crippen LogP contribution is -2.40. The van der Waals surface area contributed by atoms with Gasteiger partial charge in [0.2, 0.25) is 0 Å². The number of fused-ring (bicyclic) bond motifs is 1. The Morgan fingerprint density at radius 2 is 2.07 bits per heavy atom. The minimum atomic E-state index is -0.959. The van der Waals surface area contributed by atoms with Crippen LogP contribution in [0.5, 0.6) is 0 Å². The highest BCUT2D eigenvalue weighted by Gasteiger charge is 2.27. The third-order valence-corrected chi connectivity index (χ3v) is 2.82. The summed E-state index contributed by atoms with van der Waals surface area (Å²) in [6.07, 6.45) is -0.371. The summed E-state index contributed by atoms with van der Waals surface area (Å²) in [7, 11) is 0. The molecule has 4 heteroatoms. The summed E-state index contributed by atoms with van der Waals surface area (Å²) in [6.45, 7) is 0.389. The zero-order valence-electron chi connectivity index (χ0n) is 7.48. The van der Waals surface area contributed by atoms with Crippen LogP contribution < -0.4 is 0 Å². The number of rotatable bonds is 0. The molecule has 1 unspecified atom stereocenters. The Kier molecular flexibility index (Phi) is 2.33. The van der Waals surface area contributed by atoms with Crippen LogP contribution in [0.1, 0.15) is 11.1 Å². The molecule has 1 heterocycles. The summed E-state index contributed by atoms with van der Waals surface area (Å²) in [5.74, 6) is 0. The van der Waals surface area contributed by atoms with Gasteiger partial charge in [-0.25, -0.2) is 4.79 Å². The van der Waals surface area contributed by atoms with Gasteiger partial charge in [-0.15, -0.1) is 0 Å². The number of benzene rings is 1. The van der Waals surface area contributed by atoms with E-state index in [4.69, 9.17) is 16.7 Å². The Morgan fingerprint density at radius 3 is 2.71 bits per heavy atom. The molecule has 0 bridgehead atoms. The van der Waals surface area contributed by atoms with Gasteiger partial charge in [-0.3, -0.25) is 4.90 Å². The summed E-state index contributed by atoms with van der Waals surface area (Å²) in [5.41, 5.74) is 1.75. The van der Waals surface area contributed by atoms with Gasteiger partial charge >= 0.3 is 6.09 Å². The maximum atomic E-state index is 10.8. The fourth-order valence-electron chi connectivity index (χ4n) is 1.67. The predicted molar refractivity (Wildman–Crippen MR) is 53.4 cm³/mol. The lowest BCUT2D eigenvalue weighted by atomic mass is 10.0. The van der Waals surface area contributed by atoms with Gasteiger partial charge in [0.05, 0.1) is 6.54 Å². The number of carbonyl (C=O) groups is 1. The van der Waals surface area contributed by atoms with Crippen molar-refractivity contribution in [1.29, 1.82) is 0 Å². The molecule has 2 rings (SSSR count). The average molecular weight is 212 g/mol. The molecule has 14 heavy (non-hydrogen) atoms. The lowest BCUT2D eigenvalue weighted by molar-refractivity contribution is 0.132. The van der Waals surface area contributed by atoms with Crippen LogP contribution in [-0.4, -0.2) is 21.6 Å². The number of hydrogen-bond donors (Lipinski definition) is 1. The molecular weight excluding hydrogens is 202 g/mol. The first-order valence-electron chi connectivity index (χ1n) is 4.39. The second kappa shape index (κ2) is 3.50. The average Bonchev–Trinajstić information content (AvgIpc) is 2.16. The maximum Gasteiger partial charge on any atom is 0.408 e. The fourth-order valence-corrected chi connectivity index (χ4v) is 1.99. The van der Waals surface area contributed by atoms with E-state index in [0.717, 1.165) is 11.1 Å². The Morgan fingerprint density at radius 1 is 1.43 bits per heavy atom. The van der Waals surface area contributed by atoms with Gasteiger partial charge in [-0.2, -0.15) is 0 Å². The Balaban J connectivity index is 2.31. The van der Waals surface area contributed by atoms with Crippen molar-refractivity contribution in [1.82, 2.24) is 4.90 Å². The normalized spacial score (nSPS) is 20.4. The van der Waals surface area contributed by atoms with E-state index in [1.807, 2.05) is 24.3 Å². The molecule has 0 aliphatic carbocycles. The van der Waals surface area contributed by atoms with Crippen LogP contribution in [0.4, 0.5) is 4.79 Å². The molecular formula is C10H10ClNO2. The van der Waals surface area contributed by atoms with Crippen molar-refractivity contribution in [3.8, 4) is 0 Å². The Bertz CT molecular complexity index is 367. The standard InChI is InChI=1S/C10H10ClNO2/c11-9-5-7-3-1-2-4-8(7)6-12(9)10(13)14/h1-4,9H,5-6H2,(H,13,14). The zero-order chi connectivity index (χ0) is 10.1. The van der Waals surface area contributed by atoms with Crippen molar-refractivity contribution >= 4 is 17.7 Å². The SMILES string of the molecule is O=C(O)N1Cc2ccccc2CC1Cl. The molecule has 1 aliphatic heterocycles. The number of nitrogens with zero attached hydrogens (tertiary/aromatic N) is 1. The molecule has 1 amide bonds. The van der Waals surface area contributed by atoms with E-state index >= 15 is 0 Å². The second-order valence-electron chi connectivity index (χ2n) is 3.32. The van der Waals surface area contributed by atoms with Crippen LogP contribution >= 0.6 is 11.6 Å². The molecule has 3 nitrogen and oxygen atoms in total. The largest absolute Gasteiger partial charge is 0.465 e. The van der Waals surface area contributed by atoms with E-state index < -0.39 is 11.6 Å². The minimum absolute atomic E-state index is 0.389. The summed E-state index contributed by atoms with van der Waals surface area (Å²) >= 11 is 5.95. The van der Waals surface area contributed by atoms with Crippen LogP contribution in [0.15, 0.2) is 24.3 Å². The molecule has 0 fully saturated rings. The Labute approximate surface area is 86.9 Å². The lowest BCUT2D eigenvalue weighted by Gasteiger charge is -2.30. The van der Waals surface area contributed by atoms with Gasteiger partial charge in [0.25, 0.3) is 0 Å². The molecule has 0 spiro atoms. The topological polar surface area (TPSA) is 40.5 Å². The van der Waals surface area contributed by atoms with Gasteiger partial charge in [-0.1, -0.05) is 35.9 Å². The van der Waals surface area contributed by atoms with Crippen LogP contribution in [0.25, 0.3) is 0 Å². The first-order valence-corrected chi connectivity index (χ1v) is 4.82. The Hall–Kier alpha value is -1.22. The van der Waals surface area contributed by atoms with Gasteiger partial charge in [0.15, 0.2) is 0 Å². The van der Waals surface area contributed by atoms with Crippen LogP contribution in [-0.2, 0) is 13.0 Å². The third kappa shape index (κ3) is 1.55. The van der Waals surface area contributed by atoms with Crippen molar-refractivity contribution in [2.24, 2.45) is 0 Å². The van der Waals surface area contributed by atoms with Gasteiger partial charge in [0, 0.05) is 6.42 Å². The fraction of sp³-hybridized carbons (Fsp3) is 0.300. The van der Waals surface area contributed by atoms with E-state index in [0.29, 0.717) is 13.0 Å². The quantitative estimate of drug-likeness (QED) is 0.528. The van der Waals surface area contributed by atoms with Crippen LogP contribution in [0.3, 0.4) is 0 Å². The summed E-state index contributed by atoms with van der Waals surface area (Å²) in [5, 5.41) is 8.88. The summed E-state index contributed by atoms with van der Waals surface area (Å²) in [6, 6.07) is 7.78. The van der Waals surface area contributed by atoms with Crippen molar-refractivity contribution in [3.63, 3.8) is 0 Å². The summed E-state index contributed by atoms with van der Waals surface area (Å²) in [4.78, 5) is 12.1. The van der Waals surface area contributed by atoms with Gasteiger partial charge < -0.3 is 5.11 Å². The smallest absolute Gasteiger partial charge is 0.408 e. The predicted octanol–water partition coefficient (Wildman–Crippen LogP) is 2.29. The molecule has 1 aromatic carbocycles. The van der Waals surface area contributed by atoms with Gasteiger partial charge in [-0.05, 0) is 11.1 Å². The number of alkyl halides is 1. The molecule has 0 saturated carbocycles. The maximum absolute atomic E-state index is 10.8. The molecule has 1 atom stereocenters. The van der Waals surface area contributed by atoms with E-state index in [2.05, 4.69) is 0 Å². The number of halogens is 1. The molecule has 1 aliphatic rings. The first-order chi connectivity index (χ1) is 6.68. The van der Waals surface area contributed by atoms with Crippen molar-refractivity contribution in [2.45, 2.75) is 18.5 Å². The van der Waals surface area contributed by atoms with E-state index in [1.54, 1.807) is 0 Å². The number of carboxylic acid groups (broad SMARTS) is 1. The molecule has 0 saturated heterocycles. The highest BCUT2D eigenvalue weighted by molar-refractivity contribution is 6.21. The number of amides is 1. The third-order valence-electron chi connectivity index (χ3n) is 2.43. The molecule has 0 radical (unpaired) electrons. The highest BCUT2D eigenvalue weighted by atomic mass is 35.5.